The number of hydrogen-bond acceptors (Lipinski definition) is 7. The van der Waals surface area contributed by atoms with Gasteiger partial charge >= 0.3 is 5.97 Å². The number of aryl methyl sites for hydroxylation is 1. The van der Waals surface area contributed by atoms with Crippen LogP contribution in [0.15, 0.2) is 42.5 Å². The highest BCUT2D eigenvalue weighted by Gasteiger charge is 2.20. The summed E-state index contributed by atoms with van der Waals surface area (Å²) in [5.41, 5.74) is 2.88. The summed E-state index contributed by atoms with van der Waals surface area (Å²) in [6.07, 6.45) is 0. The highest BCUT2D eigenvalue weighted by Crippen LogP contribution is 2.32. The number of carbonyl (C=O) groups excluding carboxylic acids is 1. The summed E-state index contributed by atoms with van der Waals surface area (Å²) in [5.74, 6) is 1.35. The molecule has 3 rings (SSSR count). The van der Waals surface area contributed by atoms with Gasteiger partial charge in [-0.15, -0.1) is 11.3 Å². The fourth-order valence-corrected chi connectivity index (χ4v) is 4.09. The third kappa shape index (κ3) is 6.11. The predicted octanol–water partition coefficient (Wildman–Crippen LogP) is 5.99. The van der Waals surface area contributed by atoms with Crippen LogP contribution >= 0.6 is 11.3 Å². The fraction of sp³-hybridized carbons (Fsp3) is 0.346. The second-order valence-electron chi connectivity index (χ2n) is 8.23. The highest BCUT2D eigenvalue weighted by molar-refractivity contribution is 7.17. The van der Waals surface area contributed by atoms with E-state index in [0.29, 0.717) is 39.4 Å². The average molecular weight is 465 g/mol. The van der Waals surface area contributed by atoms with Crippen molar-refractivity contribution < 1.29 is 19.0 Å². The lowest BCUT2D eigenvalue weighted by molar-refractivity contribution is 0.0490. The third-order valence-corrected chi connectivity index (χ3v) is 6.24. The summed E-state index contributed by atoms with van der Waals surface area (Å²) in [4.78, 5) is 17.7. The van der Waals surface area contributed by atoms with E-state index in [4.69, 9.17) is 14.2 Å². The molecule has 2 aromatic carbocycles. The lowest BCUT2D eigenvalue weighted by atomic mass is 10.0. The largest absolute Gasteiger partial charge is 0.497 e. The maximum Gasteiger partial charge on any atom is 0.350 e. The highest BCUT2D eigenvalue weighted by atomic mass is 32.1. The number of nitrogens with zero attached hydrogens (tertiary/aromatic N) is 2. The molecule has 0 amide bonds. The van der Waals surface area contributed by atoms with E-state index in [1.54, 1.807) is 26.2 Å². The first-order chi connectivity index (χ1) is 15.8. The molecule has 0 aliphatic heterocycles. The number of rotatable bonds is 9. The van der Waals surface area contributed by atoms with Gasteiger partial charge in [-0.1, -0.05) is 32.9 Å². The zero-order valence-corrected chi connectivity index (χ0v) is 20.4. The standard InChI is InChI=1S/C26H28N2O4S/c1-16(2)14-31-23-11-8-20(12-21(23)13-27)25-28-18(4)24(33-25)26(29)32-15-17(3)19-6-9-22(30-5)10-7-19/h6-12,16-17H,14-15H2,1-5H3. The van der Waals surface area contributed by atoms with Crippen molar-refractivity contribution in [3.63, 3.8) is 0 Å². The van der Waals surface area contributed by atoms with Gasteiger partial charge in [0.25, 0.3) is 0 Å². The van der Waals surface area contributed by atoms with Crippen molar-refractivity contribution in [1.82, 2.24) is 4.98 Å². The predicted molar refractivity (Wildman–Crippen MR) is 129 cm³/mol. The Hall–Kier alpha value is -3.37. The van der Waals surface area contributed by atoms with Gasteiger partial charge in [0.1, 0.15) is 27.5 Å². The van der Waals surface area contributed by atoms with Crippen LogP contribution in [-0.4, -0.2) is 31.3 Å². The van der Waals surface area contributed by atoms with E-state index < -0.39 is 5.97 Å². The lowest BCUT2D eigenvalue weighted by Crippen LogP contribution is -2.11. The molecule has 0 aliphatic carbocycles. The first-order valence-corrected chi connectivity index (χ1v) is 11.6. The van der Waals surface area contributed by atoms with Crippen LogP contribution in [0.4, 0.5) is 0 Å². The van der Waals surface area contributed by atoms with Crippen LogP contribution in [0.25, 0.3) is 10.6 Å². The van der Waals surface area contributed by atoms with E-state index in [0.717, 1.165) is 16.9 Å². The van der Waals surface area contributed by atoms with Gasteiger partial charge in [-0.05, 0) is 48.7 Å². The van der Waals surface area contributed by atoms with Gasteiger partial charge in [-0.3, -0.25) is 0 Å². The van der Waals surface area contributed by atoms with Crippen molar-refractivity contribution in [1.29, 1.82) is 5.26 Å². The molecule has 6 nitrogen and oxygen atoms in total. The number of thiazole rings is 1. The molecular formula is C26H28N2O4S. The maximum atomic E-state index is 12.7. The van der Waals surface area contributed by atoms with Gasteiger partial charge in [-0.25, -0.2) is 9.78 Å². The van der Waals surface area contributed by atoms with Crippen molar-refractivity contribution in [3.05, 3.63) is 64.2 Å². The Kier molecular flexibility index (Phi) is 8.07. The van der Waals surface area contributed by atoms with Gasteiger partial charge in [0.15, 0.2) is 0 Å². The molecule has 0 fully saturated rings. The Morgan fingerprint density at radius 2 is 1.85 bits per heavy atom. The number of hydrogen-bond donors (Lipinski definition) is 0. The summed E-state index contributed by atoms with van der Waals surface area (Å²) >= 11 is 1.26. The Bertz CT molecular complexity index is 1150. The Balaban J connectivity index is 1.70. The van der Waals surface area contributed by atoms with Crippen LogP contribution in [0.5, 0.6) is 11.5 Å². The maximum absolute atomic E-state index is 12.7. The normalized spacial score (nSPS) is 11.7. The van der Waals surface area contributed by atoms with Crippen molar-refractivity contribution in [2.75, 3.05) is 20.3 Å². The van der Waals surface area contributed by atoms with Crippen molar-refractivity contribution in [2.24, 2.45) is 5.92 Å². The minimum atomic E-state index is -0.394. The van der Waals surface area contributed by atoms with Crippen molar-refractivity contribution in [3.8, 4) is 28.1 Å². The van der Waals surface area contributed by atoms with Crippen LogP contribution in [0, 0.1) is 24.2 Å². The first-order valence-electron chi connectivity index (χ1n) is 10.8. The molecule has 0 bridgehead atoms. The number of esters is 1. The van der Waals surface area contributed by atoms with E-state index in [1.807, 2.05) is 37.3 Å². The topological polar surface area (TPSA) is 81.4 Å². The summed E-state index contributed by atoms with van der Waals surface area (Å²) in [7, 11) is 1.63. The molecule has 3 aromatic rings. The number of ether oxygens (including phenoxy) is 3. The molecule has 1 unspecified atom stereocenters. The fourth-order valence-electron chi connectivity index (χ4n) is 3.14. The van der Waals surface area contributed by atoms with Gasteiger partial charge in [0.05, 0.1) is 31.6 Å². The smallest absolute Gasteiger partial charge is 0.350 e. The SMILES string of the molecule is COc1ccc(C(C)COC(=O)c2sc(-c3ccc(OCC(C)C)c(C#N)c3)nc2C)cc1. The molecule has 0 saturated carbocycles. The Morgan fingerprint density at radius 3 is 2.48 bits per heavy atom. The lowest BCUT2D eigenvalue weighted by Gasteiger charge is -2.12. The van der Waals surface area contributed by atoms with Gasteiger partial charge in [0.2, 0.25) is 0 Å². The minimum Gasteiger partial charge on any atom is -0.497 e. The van der Waals surface area contributed by atoms with Crippen LogP contribution in [0.2, 0.25) is 0 Å². The molecule has 1 heterocycles. The Morgan fingerprint density at radius 1 is 1.12 bits per heavy atom. The van der Waals surface area contributed by atoms with Gasteiger partial charge < -0.3 is 14.2 Å². The van der Waals surface area contributed by atoms with Gasteiger partial charge in [0, 0.05) is 11.5 Å². The zero-order chi connectivity index (χ0) is 24.0. The van der Waals surface area contributed by atoms with E-state index in [-0.39, 0.29) is 12.5 Å². The minimum absolute atomic E-state index is 0.0455. The number of carbonyl (C=O) groups is 1. The van der Waals surface area contributed by atoms with Crippen LogP contribution in [0.3, 0.4) is 0 Å². The van der Waals surface area contributed by atoms with Crippen molar-refractivity contribution >= 4 is 17.3 Å². The van der Waals surface area contributed by atoms with E-state index in [2.05, 4.69) is 24.9 Å². The number of aromatic nitrogens is 1. The molecule has 0 radical (unpaired) electrons. The molecule has 0 saturated heterocycles. The van der Waals surface area contributed by atoms with E-state index >= 15 is 0 Å². The number of nitriles is 1. The van der Waals surface area contributed by atoms with E-state index in [9.17, 15) is 10.1 Å². The summed E-state index contributed by atoms with van der Waals surface area (Å²) in [6, 6.07) is 15.3. The summed E-state index contributed by atoms with van der Waals surface area (Å²) < 4.78 is 16.5. The molecule has 0 spiro atoms. The van der Waals surface area contributed by atoms with Crippen LogP contribution in [0.1, 0.15) is 53.2 Å². The zero-order valence-electron chi connectivity index (χ0n) is 19.5. The molecule has 0 aliphatic rings. The average Bonchev–Trinajstić information content (AvgIpc) is 3.22. The van der Waals surface area contributed by atoms with E-state index in [1.165, 1.54) is 11.3 Å². The monoisotopic (exact) mass is 464 g/mol. The Labute approximate surface area is 198 Å². The molecule has 33 heavy (non-hydrogen) atoms. The van der Waals surface area contributed by atoms with Crippen LogP contribution < -0.4 is 9.47 Å². The van der Waals surface area contributed by atoms with Gasteiger partial charge in [-0.2, -0.15) is 5.26 Å². The number of benzene rings is 2. The second kappa shape index (κ2) is 11.0. The molecule has 0 N–H and O–H groups in total. The molecule has 1 aromatic heterocycles. The quantitative estimate of drug-likeness (QED) is 0.362. The summed E-state index contributed by atoms with van der Waals surface area (Å²) in [5, 5.41) is 10.2. The molecule has 7 heteroatoms. The second-order valence-corrected chi connectivity index (χ2v) is 9.23. The van der Waals surface area contributed by atoms with Crippen molar-refractivity contribution in [2.45, 2.75) is 33.6 Å². The molecular weight excluding hydrogens is 436 g/mol. The summed E-state index contributed by atoms with van der Waals surface area (Å²) in [6.45, 7) is 8.70. The first kappa shape index (κ1) is 24.3. The molecule has 1 atom stereocenters. The number of methoxy groups -OCH3 is 1. The van der Waals surface area contributed by atoms with Crippen LogP contribution in [-0.2, 0) is 4.74 Å². The third-order valence-electron chi connectivity index (χ3n) is 5.05. The molecule has 172 valence electrons.